The van der Waals surface area contributed by atoms with Crippen molar-refractivity contribution in [1.82, 2.24) is 0 Å². The summed E-state index contributed by atoms with van der Waals surface area (Å²) in [4.78, 5) is 21.6. The van der Waals surface area contributed by atoms with Crippen LogP contribution in [0.5, 0.6) is 17.2 Å². The molecule has 220 valence electrons. The average Bonchev–Trinajstić information content (AvgIpc) is 2.92. The third-order valence-electron chi connectivity index (χ3n) is 7.57. The van der Waals surface area contributed by atoms with E-state index in [2.05, 4.69) is 25.6 Å². The number of carbonyl (C=O) groups is 2. The molecule has 2 aromatic rings. The molecule has 0 N–H and O–H groups in total. The third kappa shape index (κ3) is 10.1. The van der Waals surface area contributed by atoms with Gasteiger partial charge >= 0.3 is 0 Å². The number of unbranched alkanes of at least 4 members (excludes halogenated alkanes) is 4. The molecule has 5 nitrogen and oxygen atoms in total. The smallest absolute Gasteiger partial charge is 0.169 e. The molecule has 0 unspecified atom stereocenters. The zero-order chi connectivity index (χ0) is 29.5. The number of benzene rings is 2. The highest BCUT2D eigenvalue weighted by Gasteiger charge is 2.25. The lowest BCUT2D eigenvalue weighted by atomic mass is 9.80. The third-order valence-corrected chi connectivity index (χ3v) is 7.57. The molecule has 41 heavy (non-hydrogen) atoms. The summed E-state index contributed by atoms with van der Waals surface area (Å²) < 4.78 is 17.8. The lowest BCUT2D eigenvalue weighted by Gasteiger charge is -2.23. The topological polar surface area (TPSA) is 61.8 Å². The number of rotatable bonds is 15. The first-order valence-electron chi connectivity index (χ1n) is 15.1. The molecular weight excluding hydrogens is 512 g/mol. The van der Waals surface area contributed by atoms with Gasteiger partial charge in [-0.2, -0.15) is 0 Å². The van der Waals surface area contributed by atoms with Crippen LogP contribution in [0.1, 0.15) is 95.6 Å². The number of hydrogen-bond acceptors (Lipinski definition) is 5. The van der Waals surface area contributed by atoms with Gasteiger partial charge in [-0.15, -0.1) is 0 Å². The molecule has 5 heteroatoms. The van der Waals surface area contributed by atoms with E-state index in [0.717, 1.165) is 73.2 Å². The minimum Gasteiger partial charge on any atom is -0.494 e. The average molecular weight is 559 g/mol. The van der Waals surface area contributed by atoms with Crippen molar-refractivity contribution >= 4 is 23.9 Å². The van der Waals surface area contributed by atoms with Crippen molar-refractivity contribution in [3.63, 3.8) is 0 Å². The molecule has 2 saturated carbocycles. The van der Waals surface area contributed by atoms with Crippen LogP contribution < -0.4 is 14.2 Å². The van der Waals surface area contributed by atoms with Gasteiger partial charge in [0.05, 0.1) is 13.7 Å². The highest BCUT2D eigenvalue weighted by atomic mass is 16.5. The predicted molar refractivity (Wildman–Crippen MR) is 167 cm³/mol. The number of allylic oxidation sites excluding steroid dienone is 3. The van der Waals surface area contributed by atoms with Crippen molar-refractivity contribution < 1.29 is 23.8 Å². The number of ketones is 1. The van der Waals surface area contributed by atoms with Crippen LogP contribution in [0.25, 0.3) is 11.8 Å². The van der Waals surface area contributed by atoms with Crippen LogP contribution in [0, 0.1) is 5.92 Å². The summed E-state index contributed by atoms with van der Waals surface area (Å²) in [6.07, 6.45) is 16.8. The Morgan fingerprint density at radius 2 is 1.71 bits per heavy atom. The van der Waals surface area contributed by atoms with Gasteiger partial charge in [-0.1, -0.05) is 57.7 Å². The first-order chi connectivity index (χ1) is 20.0. The van der Waals surface area contributed by atoms with E-state index < -0.39 is 0 Å². The fourth-order valence-electron chi connectivity index (χ4n) is 4.67. The molecule has 0 amide bonds. The van der Waals surface area contributed by atoms with Gasteiger partial charge in [0.25, 0.3) is 0 Å². The van der Waals surface area contributed by atoms with E-state index in [1.54, 1.807) is 20.1 Å². The molecule has 0 atom stereocenters. The van der Waals surface area contributed by atoms with E-state index in [1.165, 1.54) is 50.2 Å². The van der Waals surface area contributed by atoms with Crippen LogP contribution in [0.4, 0.5) is 0 Å². The molecule has 0 saturated heterocycles. The summed E-state index contributed by atoms with van der Waals surface area (Å²) in [5.41, 5.74) is 3.97. The molecule has 2 aliphatic carbocycles. The lowest BCUT2D eigenvalue weighted by molar-refractivity contribution is -0.121. The molecule has 2 fully saturated rings. The molecule has 2 aliphatic rings. The summed E-state index contributed by atoms with van der Waals surface area (Å²) >= 11 is 0. The second kappa shape index (κ2) is 17.3. The van der Waals surface area contributed by atoms with Crippen LogP contribution in [-0.2, 0) is 9.59 Å². The molecule has 0 bridgehead atoms. The van der Waals surface area contributed by atoms with Crippen LogP contribution >= 0.6 is 0 Å². The van der Waals surface area contributed by atoms with Gasteiger partial charge in [0, 0.05) is 11.5 Å². The van der Waals surface area contributed by atoms with Crippen molar-refractivity contribution in [2.75, 3.05) is 13.7 Å². The van der Waals surface area contributed by atoms with Crippen molar-refractivity contribution in [1.29, 1.82) is 0 Å². The second-order valence-corrected chi connectivity index (χ2v) is 10.9. The maximum atomic E-state index is 11.0. The largest absolute Gasteiger partial charge is 0.494 e. The summed E-state index contributed by atoms with van der Waals surface area (Å²) in [5, 5.41) is 0. The molecule has 2 aromatic carbocycles. The molecule has 0 aromatic heterocycles. The predicted octanol–water partition coefficient (Wildman–Crippen LogP) is 9.16. The Morgan fingerprint density at radius 1 is 0.976 bits per heavy atom. The maximum absolute atomic E-state index is 11.0. The summed E-state index contributed by atoms with van der Waals surface area (Å²) in [7, 11) is 1.62. The number of carbonyl (C=O) groups excluding carboxylic acids is 2. The molecular formula is C36H46O5. The Kier molecular flexibility index (Phi) is 13.4. The van der Waals surface area contributed by atoms with Crippen molar-refractivity contribution in [2.45, 2.75) is 84.5 Å². The Morgan fingerprint density at radius 3 is 2.24 bits per heavy atom. The van der Waals surface area contributed by atoms with Gasteiger partial charge in [0.2, 0.25) is 0 Å². The zero-order valence-corrected chi connectivity index (χ0v) is 25.1. The lowest BCUT2D eigenvalue weighted by Crippen LogP contribution is -2.21. The van der Waals surface area contributed by atoms with E-state index in [1.807, 2.05) is 30.3 Å². The summed E-state index contributed by atoms with van der Waals surface area (Å²) in [6.45, 7) is 8.39. The number of Topliss-reactive ketones (excluding diaryl/α,β-unsaturated/α-hetero) is 1. The number of hydrogen-bond donors (Lipinski definition) is 0. The van der Waals surface area contributed by atoms with Crippen LogP contribution in [-0.4, -0.2) is 25.8 Å². The summed E-state index contributed by atoms with van der Waals surface area (Å²) in [5.74, 6) is 3.71. The van der Waals surface area contributed by atoms with Crippen molar-refractivity contribution in [2.24, 2.45) is 5.92 Å². The number of methoxy groups -OCH3 is 1. The highest BCUT2D eigenvalue weighted by molar-refractivity contribution is 5.96. The Balaban J connectivity index is 0.000000436. The van der Waals surface area contributed by atoms with E-state index in [-0.39, 0.29) is 5.78 Å². The van der Waals surface area contributed by atoms with E-state index in [4.69, 9.17) is 14.2 Å². The normalized spacial score (nSPS) is 14.3. The fourth-order valence-corrected chi connectivity index (χ4v) is 4.67. The van der Waals surface area contributed by atoms with E-state index in [0.29, 0.717) is 17.4 Å². The fraction of sp³-hybridized carbons (Fsp3) is 0.444. The Bertz CT molecular complexity index is 1190. The first kappa shape index (κ1) is 31.9. The van der Waals surface area contributed by atoms with Gasteiger partial charge < -0.3 is 14.2 Å². The Labute approximate surface area is 246 Å². The maximum Gasteiger partial charge on any atom is 0.169 e. The highest BCUT2D eigenvalue weighted by Crippen LogP contribution is 2.38. The molecule has 0 radical (unpaired) electrons. The van der Waals surface area contributed by atoms with Crippen molar-refractivity contribution in [3.8, 4) is 17.2 Å². The molecule has 0 spiro atoms. The summed E-state index contributed by atoms with van der Waals surface area (Å²) in [6, 6.07) is 13.9. The number of ether oxygens (including phenoxy) is 3. The van der Waals surface area contributed by atoms with E-state index in [9.17, 15) is 9.59 Å². The zero-order valence-electron chi connectivity index (χ0n) is 25.1. The van der Waals surface area contributed by atoms with E-state index >= 15 is 0 Å². The standard InChI is InChI=1S/C28H34O4.C8H12O/c1-3-4-5-6-7-20-31-25-16-14-24(15-17-25)28(23-11-8-12-23)32-26-18-13-22(10-9-19-29)21-27(26)30-2;1-6(2)8(9)7-4-3-5-7/h9-10,13-19,21H,3-8,11-12,20H2,1-2H3;7H,1,3-5H2,2H3/b10-9+;. The van der Waals surface area contributed by atoms with Crippen LogP contribution in [0.15, 0.2) is 66.3 Å². The van der Waals surface area contributed by atoms with Gasteiger partial charge in [0.15, 0.2) is 17.3 Å². The molecule has 0 heterocycles. The quantitative estimate of drug-likeness (QED) is 0.0944. The van der Waals surface area contributed by atoms with Crippen LogP contribution in [0.2, 0.25) is 0 Å². The minimum atomic E-state index is 0.279. The molecule has 0 aliphatic heterocycles. The second-order valence-electron chi connectivity index (χ2n) is 10.9. The minimum absolute atomic E-state index is 0.279. The monoisotopic (exact) mass is 558 g/mol. The van der Waals surface area contributed by atoms with Gasteiger partial charge in [-0.3, -0.25) is 9.59 Å². The van der Waals surface area contributed by atoms with Gasteiger partial charge in [0.1, 0.15) is 17.8 Å². The number of aldehydes is 1. The van der Waals surface area contributed by atoms with Gasteiger partial charge in [-0.05, 0) is 105 Å². The van der Waals surface area contributed by atoms with Crippen LogP contribution in [0.3, 0.4) is 0 Å². The molecule has 4 rings (SSSR count). The SMILES string of the molecule is C=C(C)C(=O)C1CCC1.CCCCCCCOc1ccc(C(Oc2ccc(/C=C/C=O)cc2OC)=C2CCC2)cc1. The van der Waals surface area contributed by atoms with Gasteiger partial charge in [-0.25, -0.2) is 0 Å². The first-order valence-corrected chi connectivity index (χ1v) is 15.1. The Hall–Kier alpha value is -3.60. The van der Waals surface area contributed by atoms with Crippen molar-refractivity contribution in [3.05, 3.63) is 77.4 Å².